The van der Waals surface area contributed by atoms with Crippen molar-refractivity contribution in [1.82, 2.24) is 4.90 Å². The molecule has 0 aromatic heterocycles. The van der Waals surface area contributed by atoms with Crippen molar-refractivity contribution in [3.63, 3.8) is 0 Å². The molecule has 41 heavy (non-hydrogen) atoms. The Bertz CT molecular complexity index is 934. The maximum atomic E-state index is 12.8. The molecule has 0 spiro atoms. The first-order chi connectivity index (χ1) is 19.5. The molecule has 0 aromatic carbocycles. The summed E-state index contributed by atoms with van der Waals surface area (Å²) in [6.07, 6.45) is 10.1. The van der Waals surface area contributed by atoms with E-state index in [2.05, 4.69) is 27.7 Å². The Balaban J connectivity index is 1.17. The Morgan fingerprint density at radius 3 is 2.27 bits per heavy atom. The van der Waals surface area contributed by atoms with Crippen LogP contribution in [0, 0.1) is 58.2 Å². The molecular weight excluding hydrogens is 518 g/mol. The first kappa shape index (κ1) is 31.1. The molecule has 4 saturated carbocycles. The molecule has 1 aliphatic heterocycles. The van der Waals surface area contributed by atoms with E-state index < -0.39 is 0 Å². The van der Waals surface area contributed by atoms with Crippen LogP contribution in [0.2, 0.25) is 0 Å². The van der Waals surface area contributed by atoms with Gasteiger partial charge in [-0.25, -0.2) is 4.79 Å². The Labute approximate surface area is 248 Å². The Kier molecular flexibility index (Phi) is 9.36. The van der Waals surface area contributed by atoms with E-state index in [1.54, 1.807) is 4.90 Å². The molecule has 5 fully saturated rings. The van der Waals surface area contributed by atoms with Crippen LogP contribution in [0.5, 0.6) is 0 Å². The lowest BCUT2D eigenvalue weighted by Crippen LogP contribution is -2.62. The highest BCUT2D eigenvalue weighted by Crippen LogP contribution is 2.69. The standard InChI is InChI=1S/C34H57NO6/c1-6-24-28-20-23(36)10-15-34(28,5)27-11-16-33(4)25(8-9-26(33)29(27)30(24)37)21(3)14-19-41-32(39)35-17-12-22(13-18-35)31(38)40-7-2/h21-30,36-37H,6-20H2,1-5H3/t21-,23-,24-,25-,26+,27+,28+,29+,30-,33-,34-/m1/s1. The predicted molar refractivity (Wildman–Crippen MR) is 158 cm³/mol. The van der Waals surface area contributed by atoms with Crippen molar-refractivity contribution in [3.8, 4) is 0 Å². The zero-order valence-electron chi connectivity index (χ0n) is 26.4. The van der Waals surface area contributed by atoms with E-state index in [1.807, 2.05) is 6.92 Å². The average Bonchev–Trinajstić information content (AvgIpc) is 3.31. The Hall–Kier alpha value is -1.34. The SMILES string of the molecule is CCOC(=O)C1CCN(C(=O)OCC[C@@H](C)[C@H]2CC[C@H]3[C@@H]4[C@H](O)[C@H](CC)[C@@H]5C[C@H](O)CC[C@]5(C)[C@H]4CC[C@]23C)CC1. The van der Waals surface area contributed by atoms with Gasteiger partial charge in [-0.05, 0) is 123 Å². The zero-order valence-corrected chi connectivity index (χ0v) is 26.4. The van der Waals surface area contributed by atoms with Crippen LogP contribution in [0.3, 0.4) is 0 Å². The minimum Gasteiger partial charge on any atom is -0.466 e. The predicted octanol–water partition coefficient (Wildman–Crippen LogP) is 6.05. The highest BCUT2D eigenvalue weighted by atomic mass is 16.6. The summed E-state index contributed by atoms with van der Waals surface area (Å²) in [5.74, 6) is 2.96. The van der Waals surface area contributed by atoms with Crippen molar-refractivity contribution < 1.29 is 29.3 Å². The minimum atomic E-state index is -0.263. The largest absolute Gasteiger partial charge is 0.466 e. The van der Waals surface area contributed by atoms with Crippen LogP contribution in [0.15, 0.2) is 0 Å². The van der Waals surface area contributed by atoms with Crippen molar-refractivity contribution in [2.24, 2.45) is 58.2 Å². The van der Waals surface area contributed by atoms with Crippen LogP contribution in [-0.4, -0.2) is 65.7 Å². The van der Waals surface area contributed by atoms with Gasteiger partial charge in [-0.2, -0.15) is 0 Å². The number of piperidine rings is 1. The van der Waals surface area contributed by atoms with Gasteiger partial charge in [0.1, 0.15) is 0 Å². The van der Waals surface area contributed by atoms with Gasteiger partial charge in [0.25, 0.3) is 0 Å². The van der Waals surface area contributed by atoms with Crippen LogP contribution in [-0.2, 0) is 14.3 Å². The second-order valence-electron chi connectivity index (χ2n) is 15.0. The van der Waals surface area contributed by atoms with Gasteiger partial charge in [-0.15, -0.1) is 0 Å². The summed E-state index contributed by atoms with van der Waals surface area (Å²) < 4.78 is 10.9. The van der Waals surface area contributed by atoms with Crippen molar-refractivity contribution in [1.29, 1.82) is 0 Å². The van der Waals surface area contributed by atoms with E-state index in [4.69, 9.17) is 9.47 Å². The topological polar surface area (TPSA) is 96.3 Å². The number of esters is 1. The molecule has 1 saturated heterocycles. The molecule has 0 unspecified atom stereocenters. The van der Waals surface area contributed by atoms with Crippen LogP contribution in [0.25, 0.3) is 0 Å². The molecule has 1 heterocycles. The number of fused-ring (bicyclic) bond motifs is 5. The van der Waals surface area contributed by atoms with Crippen LogP contribution < -0.4 is 0 Å². The number of aliphatic hydroxyl groups excluding tert-OH is 2. The lowest BCUT2D eigenvalue weighted by molar-refractivity contribution is -0.203. The average molecular weight is 576 g/mol. The summed E-state index contributed by atoms with van der Waals surface area (Å²) in [7, 11) is 0. The number of ether oxygens (including phenoxy) is 2. The van der Waals surface area contributed by atoms with Crippen molar-refractivity contribution >= 4 is 12.1 Å². The summed E-state index contributed by atoms with van der Waals surface area (Å²) in [4.78, 5) is 26.5. The van der Waals surface area contributed by atoms with Gasteiger partial charge < -0.3 is 24.6 Å². The minimum absolute atomic E-state index is 0.112. The number of hydrogen-bond donors (Lipinski definition) is 2. The zero-order chi connectivity index (χ0) is 29.5. The van der Waals surface area contributed by atoms with Gasteiger partial charge in [0.2, 0.25) is 0 Å². The molecular formula is C34H57NO6. The molecule has 4 aliphatic carbocycles. The third-order valence-corrected chi connectivity index (χ3v) is 13.3. The fraction of sp³-hybridized carbons (Fsp3) is 0.941. The molecule has 0 aromatic rings. The molecule has 7 heteroatoms. The van der Waals surface area contributed by atoms with Gasteiger partial charge in [0.15, 0.2) is 0 Å². The first-order valence-corrected chi connectivity index (χ1v) is 17.0. The molecule has 5 rings (SSSR count). The molecule has 0 bridgehead atoms. The summed E-state index contributed by atoms with van der Waals surface area (Å²) in [6.45, 7) is 13.3. The number of aliphatic hydroxyl groups is 2. The molecule has 2 N–H and O–H groups in total. The van der Waals surface area contributed by atoms with Gasteiger partial charge in [-0.3, -0.25) is 4.79 Å². The summed E-state index contributed by atoms with van der Waals surface area (Å²) >= 11 is 0. The van der Waals surface area contributed by atoms with Crippen molar-refractivity contribution in [2.75, 3.05) is 26.3 Å². The quantitative estimate of drug-likeness (QED) is 0.359. The van der Waals surface area contributed by atoms with Gasteiger partial charge >= 0.3 is 12.1 Å². The second kappa shape index (κ2) is 12.3. The smallest absolute Gasteiger partial charge is 0.409 e. The molecule has 11 atom stereocenters. The normalized spacial score (nSPS) is 43.4. The summed E-state index contributed by atoms with van der Waals surface area (Å²) in [5.41, 5.74) is 0.448. The highest BCUT2D eigenvalue weighted by molar-refractivity contribution is 5.73. The molecule has 234 valence electrons. The maximum absolute atomic E-state index is 12.8. The van der Waals surface area contributed by atoms with Gasteiger partial charge in [0, 0.05) is 13.1 Å². The maximum Gasteiger partial charge on any atom is 0.409 e. The van der Waals surface area contributed by atoms with Crippen molar-refractivity contribution in [3.05, 3.63) is 0 Å². The lowest BCUT2D eigenvalue weighted by Gasteiger charge is -2.64. The van der Waals surface area contributed by atoms with Crippen molar-refractivity contribution in [2.45, 2.75) is 117 Å². The van der Waals surface area contributed by atoms with Crippen LogP contribution in [0.1, 0.15) is 105 Å². The molecule has 5 aliphatic rings. The third kappa shape index (κ3) is 5.56. The monoisotopic (exact) mass is 575 g/mol. The van der Waals surface area contributed by atoms with E-state index >= 15 is 0 Å². The first-order valence-electron chi connectivity index (χ1n) is 17.0. The Morgan fingerprint density at radius 1 is 0.902 bits per heavy atom. The highest BCUT2D eigenvalue weighted by Gasteiger charge is 2.64. The molecule has 7 nitrogen and oxygen atoms in total. The number of rotatable bonds is 7. The number of hydrogen-bond acceptors (Lipinski definition) is 6. The number of carbonyl (C=O) groups is 2. The summed E-state index contributed by atoms with van der Waals surface area (Å²) in [5, 5.41) is 22.5. The fourth-order valence-corrected chi connectivity index (χ4v) is 11.1. The number of nitrogens with zero attached hydrogens (tertiary/aromatic N) is 1. The van der Waals surface area contributed by atoms with E-state index in [0.717, 1.165) is 32.1 Å². The number of carbonyl (C=O) groups excluding carboxylic acids is 2. The molecule has 1 amide bonds. The van der Waals surface area contributed by atoms with Crippen LogP contribution >= 0.6 is 0 Å². The number of amides is 1. The van der Waals surface area contributed by atoms with Crippen LogP contribution in [0.4, 0.5) is 4.79 Å². The van der Waals surface area contributed by atoms with Gasteiger partial charge in [-0.1, -0.05) is 34.1 Å². The lowest BCUT2D eigenvalue weighted by atomic mass is 9.41. The van der Waals surface area contributed by atoms with E-state index in [0.29, 0.717) is 74.7 Å². The fourth-order valence-electron chi connectivity index (χ4n) is 11.1. The van der Waals surface area contributed by atoms with E-state index in [9.17, 15) is 19.8 Å². The number of likely N-dealkylation sites (tertiary alicyclic amines) is 1. The van der Waals surface area contributed by atoms with E-state index in [-0.39, 0.29) is 46.9 Å². The Morgan fingerprint density at radius 2 is 1.59 bits per heavy atom. The second-order valence-corrected chi connectivity index (χ2v) is 15.0. The third-order valence-electron chi connectivity index (χ3n) is 13.3. The summed E-state index contributed by atoms with van der Waals surface area (Å²) in [6, 6.07) is 0. The van der Waals surface area contributed by atoms with E-state index in [1.165, 1.54) is 25.7 Å². The molecule has 0 radical (unpaired) electrons. The van der Waals surface area contributed by atoms with Gasteiger partial charge in [0.05, 0.1) is 31.3 Å².